The van der Waals surface area contributed by atoms with E-state index in [9.17, 15) is 18.0 Å². The molecular formula is C17H17F3N2O3. The fourth-order valence-corrected chi connectivity index (χ4v) is 2.29. The van der Waals surface area contributed by atoms with Gasteiger partial charge in [0.05, 0.1) is 17.8 Å². The first-order chi connectivity index (χ1) is 11.8. The minimum absolute atomic E-state index is 0.0971. The molecule has 1 heterocycles. The van der Waals surface area contributed by atoms with Gasteiger partial charge in [0.1, 0.15) is 6.10 Å². The smallest absolute Gasteiger partial charge is 0.391 e. The molecule has 8 heteroatoms. The molecule has 1 aliphatic heterocycles. The van der Waals surface area contributed by atoms with Gasteiger partial charge in [-0.25, -0.2) is 4.79 Å². The Hall–Kier alpha value is -2.64. The Balaban J connectivity index is 2.08. The van der Waals surface area contributed by atoms with Gasteiger partial charge in [0, 0.05) is 19.8 Å². The number of alkyl halides is 3. The maximum Gasteiger partial charge on any atom is 0.392 e. The van der Waals surface area contributed by atoms with Gasteiger partial charge in [-0.1, -0.05) is 40.7 Å². The van der Waals surface area contributed by atoms with E-state index in [0.717, 1.165) is 0 Å². The Kier molecular flexibility index (Phi) is 5.95. The summed E-state index contributed by atoms with van der Waals surface area (Å²) < 4.78 is 37.2. The molecule has 1 aliphatic rings. The van der Waals surface area contributed by atoms with Crippen LogP contribution in [0, 0.1) is 0 Å². The highest BCUT2D eigenvalue weighted by Crippen LogP contribution is 2.28. The van der Waals surface area contributed by atoms with Crippen molar-refractivity contribution in [1.82, 2.24) is 0 Å². The van der Waals surface area contributed by atoms with E-state index in [1.165, 1.54) is 6.92 Å². The summed E-state index contributed by atoms with van der Waals surface area (Å²) in [5.41, 5.74) is 2.34. The summed E-state index contributed by atoms with van der Waals surface area (Å²) in [6.45, 7) is 4.87. The molecule has 1 aromatic carbocycles. The van der Waals surface area contributed by atoms with E-state index in [4.69, 9.17) is 4.84 Å². The van der Waals surface area contributed by atoms with Crippen molar-refractivity contribution in [2.75, 3.05) is 0 Å². The lowest BCUT2D eigenvalue weighted by Crippen LogP contribution is -2.19. The van der Waals surface area contributed by atoms with Crippen molar-refractivity contribution >= 4 is 17.4 Å². The molecule has 0 saturated carbocycles. The predicted octanol–water partition coefficient (Wildman–Crippen LogP) is 3.98. The van der Waals surface area contributed by atoms with Gasteiger partial charge in [-0.15, -0.1) is 6.58 Å². The van der Waals surface area contributed by atoms with Crippen LogP contribution in [0.15, 0.2) is 47.2 Å². The van der Waals surface area contributed by atoms with Gasteiger partial charge in [0.15, 0.2) is 0 Å². The molecule has 0 fully saturated rings. The van der Waals surface area contributed by atoms with Crippen molar-refractivity contribution in [3.05, 3.63) is 48.0 Å². The van der Waals surface area contributed by atoms with E-state index in [-0.39, 0.29) is 6.42 Å². The third-order valence-corrected chi connectivity index (χ3v) is 3.37. The fourth-order valence-electron chi connectivity index (χ4n) is 2.29. The van der Waals surface area contributed by atoms with Crippen molar-refractivity contribution in [1.29, 1.82) is 0 Å². The number of nitrogens with zero attached hydrogens (tertiary/aromatic N) is 2. The Morgan fingerprint density at radius 2 is 2.12 bits per heavy atom. The van der Waals surface area contributed by atoms with Gasteiger partial charge in [0.25, 0.3) is 0 Å². The first kappa shape index (κ1) is 18.7. The zero-order chi connectivity index (χ0) is 18.4. The second-order valence-electron chi connectivity index (χ2n) is 5.48. The summed E-state index contributed by atoms with van der Waals surface area (Å²) >= 11 is 0. The van der Waals surface area contributed by atoms with Crippen LogP contribution in [0.3, 0.4) is 0 Å². The predicted molar refractivity (Wildman–Crippen MR) is 86.3 cm³/mol. The number of halogens is 3. The lowest BCUT2D eigenvalue weighted by molar-refractivity contribution is -0.157. The molecule has 0 bridgehead atoms. The average Bonchev–Trinajstić information content (AvgIpc) is 2.98. The molecule has 0 N–H and O–H groups in total. The van der Waals surface area contributed by atoms with Crippen LogP contribution in [-0.2, 0) is 14.5 Å². The van der Waals surface area contributed by atoms with E-state index in [2.05, 4.69) is 21.7 Å². The van der Waals surface area contributed by atoms with Crippen molar-refractivity contribution < 1.29 is 27.6 Å². The van der Waals surface area contributed by atoms with Crippen LogP contribution in [0.2, 0.25) is 0 Å². The number of hydrogen-bond donors (Lipinski definition) is 0. The van der Waals surface area contributed by atoms with Gasteiger partial charge >= 0.3 is 12.1 Å². The molecule has 1 aromatic rings. The van der Waals surface area contributed by atoms with Crippen molar-refractivity contribution in [2.24, 2.45) is 10.3 Å². The van der Waals surface area contributed by atoms with Gasteiger partial charge in [0.2, 0.25) is 0 Å². The summed E-state index contributed by atoms with van der Waals surface area (Å²) in [6, 6.07) is 6.86. The van der Waals surface area contributed by atoms with E-state index in [0.29, 0.717) is 29.0 Å². The quantitative estimate of drug-likeness (QED) is 0.336. The van der Waals surface area contributed by atoms with Crippen LogP contribution in [-0.4, -0.2) is 29.7 Å². The minimum Gasteiger partial charge on any atom is -0.391 e. The fraction of sp³-hybridized carbons (Fsp3) is 0.353. The van der Waals surface area contributed by atoms with Crippen LogP contribution < -0.4 is 0 Å². The zero-order valence-corrected chi connectivity index (χ0v) is 13.5. The van der Waals surface area contributed by atoms with E-state index in [1.54, 1.807) is 30.3 Å². The first-order valence-corrected chi connectivity index (χ1v) is 7.54. The maximum atomic E-state index is 12.4. The molecule has 134 valence electrons. The van der Waals surface area contributed by atoms with Crippen LogP contribution in [0.1, 0.15) is 37.3 Å². The summed E-state index contributed by atoms with van der Waals surface area (Å²) in [6.07, 6.45) is -4.20. The normalized spacial score (nSPS) is 17.7. The number of benzene rings is 1. The molecule has 0 spiro atoms. The Morgan fingerprint density at radius 1 is 1.44 bits per heavy atom. The topological polar surface area (TPSA) is 60.2 Å². The Morgan fingerprint density at radius 3 is 2.68 bits per heavy atom. The third kappa shape index (κ3) is 5.74. The van der Waals surface area contributed by atoms with Crippen molar-refractivity contribution in [3.8, 4) is 0 Å². The number of hydrogen-bond acceptors (Lipinski definition) is 5. The number of carbonyl (C=O) groups excluding carboxylic acids is 1. The first-order valence-electron chi connectivity index (χ1n) is 7.54. The number of carbonyl (C=O) groups is 1. The Labute approximate surface area is 142 Å². The average molecular weight is 354 g/mol. The molecule has 0 saturated heterocycles. The second-order valence-corrected chi connectivity index (χ2v) is 5.48. The summed E-state index contributed by atoms with van der Waals surface area (Å²) in [7, 11) is 0. The third-order valence-electron chi connectivity index (χ3n) is 3.37. The zero-order valence-electron chi connectivity index (χ0n) is 13.5. The number of allylic oxidation sites excluding steroid dienone is 1. The second kappa shape index (κ2) is 7.96. The van der Waals surface area contributed by atoms with E-state index >= 15 is 0 Å². The molecule has 1 atom stereocenters. The van der Waals surface area contributed by atoms with Gasteiger partial charge in [-0.05, 0) is 11.1 Å². The van der Waals surface area contributed by atoms with Crippen molar-refractivity contribution in [2.45, 2.75) is 38.5 Å². The molecule has 0 amide bonds. The highest BCUT2D eigenvalue weighted by Gasteiger charge is 2.36. The van der Waals surface area contributed by atoms with Gasteiger partial charge in [-0.2, -0.15) is 13.2 Å². The van der Waals surface area contributed by atoms with Crippen molar-refractivity contribution in [3.63, 3.8) is 0 Å². The molecule has 5 nitrogen and oxygen atoms in total. The van der Waals surface area contributed by atoms with E-state index < -0.39 is 24.7 Å². The van der Waals surface area contributed by atoms with Gasteiger partial charge in [-0.3, -0.25) is 0 Å². The van der Waals surface area contributed by atoms with E-state index in [1.807, 2.05) is 0 Å². The molecular weight excluding hydrogens is 337 g/mol. The SMILES string of the molecule is C=CC/C(=N\OC(C)=O)c1ccc(C2=NOC(CC(F)(F)F)C2)cc1. The molecule has 25 heavy (non-hydrogen) atoms. The summed E-state index contributed by atoms with van der Waals surface area (Å²) in [5.74, 6) is -0.536. The minimum atomic E-state index is -4.29. The monoisotopic (exact) mass is 354 g/mol. The highest BCUT2D eigenvalue weighted by molar-refractivity contribution is 6.04. The summed E-state index contributed by atoms with van der Waals surface area (Å²) in [5, 5.41) is 7.52. The Bertz CT molecular complexity index is 694. The van der Waals surface area contributed by atoms with Crippen LogP contribution >= 0.6 is 0 Å². The highest BCUT2D eigenvalue weighted by atomic mass is 19.4. The maximum absolute atomic E-state index is 12.4. The largest absolute Gasteiger partial charge is 0.392 e. The lowest BCUT2D eigenvalue weighted by Gasteiger charge is -2.10. The summed E-state index contributed by atoms with van der Waals surface area (Å²) in [4.78, 5) is 20.4. The molecule has 0 radical (unpaired) electrons. The number of rotatable bonds is 6. The van der Waals surface area contributed by atoms with Crippen LogP contribution in [0.5, 0.6) is 0 Å². The van der Waals surface area contributed by atoms with Crippen LogP contribution in [0.4, 0.5) is 13.2 Å². The molecule has 0 aliphatic carbocycles. The number of oxime groups is 2. The lowest BCUT2D eigenvalue weighted by atomic mass is 10.00. The standard InChI is InChI=1S/C17H17F3N2O3/c1-3-4-15(21-24-11(2)23)12-5-7-13(8-6-12)16-9-14(25-22-16)10-17(18,19)20/h3,5-8,14H,1,4,9-10H2,2H3/b21-15+. The van der Waals surface area contributed by atoms with Gasteiger partial charge < -0.3 is 9.68 Å². The molecule has 1 unspecified atom stereocenters. The molecule has 2 rings (SSSR count). The van der Waals surface area contributed by atoms with Crippen LogP contribution in [0.25, 0.3) is 0 Å². The molecule has 0 aromatic heterocycles.